The van der Waals surface area contributed by atoms with Crippen LogP contribution in [0.25, 0.3) is 11.3 Å². The molecule has 8 rings (SSSR count). The van der Waals surface area contributed by atoms with E-state index in [4.69, 9.17) is 16.5 Å². The minimum absolute atomic E-state index is 0.331. The lowest BCUT2D eigenvalue weighted by Gasteiger charge is -2.43. The van der Waals surface area contributed by atoms with Crippen LogP contribution in [0.5, 0.6) is 0 Å². The lowest BCUT2D eigenvalue weighted by Crippen LogP contribution is -2.52. The highest BCUT2D eigenvalue weighted by atomic mass is 15.3. The zero-order chi connectivity index (χ0) is 34.7. The molecule has 1 N–H and O–H groups in total. The van der Waals surface area contributed by atoms with Crippen molar-refractivity contribution in [3.05, 3.63) is 101 Å². The normalized spacial score (nSPS) is 20.8. The molecule has 262 valence electrons. The Kier molecular flexibility index (Phi) is 8.41. The number of anilines is 3. The molecule has 3 aromatic heterocycles. The molecule has 0 spiro atoms. The number of rotatable bonds is 8. The first kappa shape index (κ1) is 32.9. The summed E-state index contributed by atoms with van der Waals surface area (Å²) in [7, 11) is 2.07. The van der Waals surface area contributed by atoms with Gasteiger partial charge in [-0.25, -0.2) is 9.97 Å². The monoisotopic (exact) mass is 670 g/mol. The van der Waals surface area contributed by atoms with Crippen molar-refractivity contribution in [2.24, 2.45) is 5.41 Å². The number of allylic oxidation sites excluding steroid dienone is 2. The minimum Gasteiger partial charge on any atom is -0.368 e. The number of piperazine rings is 1. The molecule has 3 aromatic rings. The van der Waals surface area contributed by atoms with Crippen molar-refractivity contribution in [2.75, 3.05) is 54.9 Å². The van der Waals surface area contributed by atoms with Gasteiger partial charge in [-0.3, -0.25) is 4.90 Å². The zero-order valence-corrected chi connectivity index (χ0v) is 30.9. The van der Waals surface area contributed by atoms with Crippen molar-refractivity contribution in [1.29, 1.82) is 0 Å². The van der Waals surface area contributed by atoms with Gasteiger partial charge in [0.1, 0.15) is 11.6 Å². The lowest BCUT2D eigenvalue weighted by atomic mass is 9.89. The number of hydrogen-bond donors (Lipinski definition) is 1. The topological polar surface area (TPSA) is 55.7 Å². The number of hydrogen-bond acceptors (Lipinski definition) is 7. The van der Waals surface area contributed by atoms with Crippen molar-refractivity contribution in [3.8, 4) is 0 Å². The molecule has 3 aliphatic heterocycles. The number of fused-ring (bicyclic) bond motifs is 3. The summed E-state index contributed by atoms with van der Waals surface area (Å²) in [6, 6.07) is 7.28. The second-order valence-corrected chi connectivity index (χ2v) is 15.7. The first-order valence-corrected chi connectivity index (χ1v) is 18.9. The molecule has 0 bridgehead atoms. The zero-order valence-electron chi connectivity index (χ0n) is 30.9. The van der Waals surface area contributed by atoms with Gasteiger partial charge in [-0.05, 0) is 84.9 Å². The van der Waals surface area contributed by atoms with E-state index in [9.17, 15) is 0 Å². The van der Waals surface area contributed by atoms with Crippen LogP contribution in [0.2, 0.25) is 0 Å². The lowest BCUT2D eigenvalue weighted by molar-refractivity contribution is 0.120. The van der Waals surface area contributed by atoms with Gasteiger partial charge in [0.2, 0.25) is 0 Å². The van der Waals surface area contributed by atoms with E-state index in [0.717, 1.165) is 105 Å². The fourth-order valence-electron chi connectivity index (χ4n) is 9.06. The second kappa shape index (κ2) is 12.8. The minimum atomic E-state index is 0.331. The smallest absolute Gasteiger partial charge is 0.136 e. The van der Waals surface area contributed by atoms with Crippen molar-refractivity contribution in [3.63, 3.8) is 0 Å². The summed E-state index contributed by atoms with van der Waals surface area (Å²) < 4.78 is 2.58. The Labute approximate surface area is 298 Å². The quantitative estimate of drug-likeness (QED) is 0.267. The molecule has 2 aliphatic carbocycles. The van der Waals surface area contributed by atoms with Crippen molar-refractivity contribution in [2.45, 2.75) is 85.2 Å². The van der Waals surface area contributed by atoms with Crippen LogP contribution in [-0.4, -0.2) is 70.1 Å². The Morgan fingerprint density at radius 2 is 1.68 bits per heavy atom. The van der Waals surface area contributed by atoms with E-state index >= 15 is 0 Å². The highest BCUT2D eigenvalue weighted by Crippen LogP contribution is 2.45. The summed E-state index contributed by atoms with van der Waals surface area (Å²) in [5.74, 6) is 1.84. The average molecular weight is 671 g/mol. The fraction of sp³-hybridized carbons (Fsp3) is 0.476. The van der Waals surface area contributed by atoms with Gasteiger partial charge in [-0.15, -0.1) is 0 Å². The predicted molar refractivity (Wildman–Crippen MR) is 207 cm³/mol. The molecule has 0 aromatic carbocycles. The van der Waals surface area contributed by atoms with Gasteiger partial charge >= 0.3 is 0 Å². The van der Waals surface area contributed by atoms with Gasteiger partial charge in [0.25, 0.3) is 0 Å². The number of nitrogens with one attached hydrogen (secondary N) is 1. The fourth-order valence-corrected chi connectivity index (χ4v) is 9.06. The largest absolute Gasteiger partial charge is 0.368 e. The highest BCUT2D eigenvalue weighted by Gasteiger charge is 2.38. The van der Waals surface area contributed by atoms with Crippen LogP contribution in [-0.2, 0) is 32.2 Å². The number of pyridine rings is 2. The molecule has 2 fully saturated rings. The van der Waals surface area contributed by atoms with Crippen LogP contribution in [0.1, 0.15) is 80.6 Å². The molecule has 0 atom stereocenters. The second-order valence-electron chi connectivity index (χ2n) is 15.7. The highest BCUT2D eigenvalue weighted by molar-refractivity contribution is 5.86. The summed E-state index contributed by atoms with van der Waals surface area (Å²) >= 11 is 0. The molecular formula is C42H54N8. The molecule has 0 amide bonds. The van der Waals surface area contributed by atoms with Crippen LogP contribution in [0.4, 0.5) is 17.3 Å². The molecule has 8 heteroatoms. The van der Waals surface area contributed by atoms with E-state index in [1.165, 1.54) is 53.0 Å². The predicted octanol–water partition coefficient (Wildman–Crippen LogP) is 7.49. The Hall–Kier alpha value is -4.30. The van der Waals surface area contributed by atoms with Gasteiger partial charge in [0.05, 0.1) is 34.7 Å². The molecule has 0 radical (unpaired) electrons. The third-order valence-corrected chi connectivity index (χ3v) is 12.0. The van der Waals surface area contributed by atoms with Crippen LogP contribution >= 0.6 is 0 Å². The van der Waals surface area contributed by atoms with E-state index in [1.807, 2.05) is 12.4 Å². The number of aromatic nitrogens is 3. The molecule has 8 nitrogen and oxygen atoms in total. The summed E-state index contributed by atoms with van der Waals surface area (Å²) in [5.41, 5.74) is 13.9. The van der Waals surface area contributed by atoms with Crippen molar-refractivity contribution < 1.29 is 0 Å². The third kappa shape index (κ3) is 5.66. The van der Waals surface area contributed by atoms with Crippen molar-refractivity contribution >= 4 is 28.6 Å². The summed E-state index contributed by atoms with van der Waals surface area (Å²) in [6.07, 6.45) is 16.7. The Balaban J connectivity index is 1.03. The average Bonchev–Trinajstić information content (AvgIpc) is 3.56. The van der Waals surface area contributed by atoms with Crippen LogP contribution in [0.15, 0.2) is 67.4 Å². The number of likely N-dealkylation sites (N-methyl/N-ethyl adjacent to an activating group) is 1. The van der Waals surface area contributed by atoms with E-state index in [-0.39, 0.29) is 0 Å². The van der Waals surface area contributed by atoms with Crippen LogP contribution in [0.3, 0.4) is 0 Å². The molecule has 6 heterocycles. The Bertz CT molecular complexity index is 1860. The number of nitrogens with zero attached hydrogens (tertiary/aromatic N) is 7. The summed E-state index contributed by atoms with van der Waals surface area (Å²) in [6.45, 7) is 24.7. The molecular weight excluding hydrogens is 617 g/mol. The van der Waals surface area contributed by atoms with E-state index in [2.05, 4.69) is 101 Å². The maximum absolute atomic E-state index is 5.03. The first-order chi connectivity index (χ1) is 24.2. The first-order valence-electron chi connectivity index (χ1n) is 18.9. The Morgan fingerprint density at radius 3 is 2.36 bits per heavy atom. The summed E-state index contributed by atoms with van der Waals surface area (Å²) in [4.78, 5) is 19.5. The van der Waals surface area contributed by atoms with Crippen LogP contribution in [0, 0.1) is 5.41 Å². The molecule has 50 heavy (non-hydrogen) atoms. The Morgan fingerprint density at radius 1 is 0.900 bits per heavy atom. The van der Waals surface area contributed by atoms with Gasteiger partial charge in [-0.2, -0.15) is 0 Å². The van der Waals surface area contributed by atoms with Crippen molar-refractivity contribution in [1.82, 2.24) is 24.3 Å². The van der Waals surface area contributed by atoms with Gasteiger partial charge < -0.3 is 24.6 Å². The van der Waals surface area contributed by atoms with E-state index in [0.29, 0.717) is 5.41 Å². The van der Waals surface area contributed by atoms with Gasteiger partial charge in [0.15, 0.2) is 0 Å². The molecule has 1 saturated carbocycles. The molecule has 1 saturated heterocycles. The maximum atomic E-state index is 5.03. The SMILES string of the molecule is C=C1C(Nc2ccc(N3CCN(C4CCC4)CC3)cn2)=CC(c2ccnc(N3CCn4c5c(c(CC)c4C3=C)CC(C)(C)C5)c2CC)=CN1C. The van der Waals surface area contributed by atoms with Gasteiger partial charge in [0, 0.05) is 81.6 Å². The summed E-state index contributed by atoms with van der Waals surface area (Å²) in [5, 5.41) is 3.60. The molecule has 0 unspecified atom stereocenters. The third-order valence-electron chi connectivity index (χ3n) is 12.0. The van der Waals surface area contributed by atoms with Crippen LogP contribution < -0.4 is 15.1 Å². The van der Waals surface area contributed by atoms with E-state index in [1.54, 1.807) is 5.56 Å². The molecule has 5 aliphatic rings. The standard InChI is InChI=1S/C42H54N8/c1-8-33-36-24-42(5,6)25-38(36)50-22-21-49(29(4)40(33)50)41-34(9-2)35(15-16-43-41)30-23-37(28(3)46(7)27-30)45-39-14-13-32(26-44-39)48-19-17-47(18-20-48)31-11-10-12-31/h13-16,23,26-27,31H,3-4,8-12,17-22,24-25H2,1-2,5-7H3,(H,44,45). The van der Waals surface area contributed by atoms with Gasteiger partial charge in [-0.1, -0.05) is 47.3 Å². The van der Waals surface area contributed by atoms with E-state index < -0.39 is 0 Å². The maximum Gasteiger partial charge on any atom is 0.136 e.